The number of nitrogens with zero attached hydrogens (tertiary/aromatic N) is 1. The highest BCUT2D eigenvalue weighted by Crippen LogP contribution is 2.28. The van der Waals surface area contributed by atoms with E-state index < -0.39 is 16.6 Å². The van der Waals surface area contributed by atoms with Crippen LogP contribution in [0.15, 0.2) is 18.2 Å². The molecular formula is C13H16ClNO4. The Bertz CT molecular complexity index is 462. The van der Waals surface area contributed by atoms with Crippen LogP contribution in [0.1, 0.15) is 43.0 Å². The molecule has 19 heavy (non-hydrogen) atoms. The van der Waals surface area contributed by atoms with Gasteiger partial charge in [-0.1, -0.05) is 43.9 Å². The molecule has 0 radical (unpaired) electrons. The molecule has 0 heterocycles. The van der Waals surface area contributed by atoms with Crippen molar-refractivity contribution in [1.82, 2.24) is 0 Å². The zero-order chi connectivity index (χ0) is 14.3. The van der Waals surface area contributed by atoms with E-state index in [4.69, 9.17) is 16.3 Å². The number of benzene rings is 1. The van der Waals surface area contributed by atoms with Crippen LogP contribution < -0.4 is 0 Å². The van der Waals surface area contributed by atoms with Gasteiger partial charge in [-0.25, -0.2) is 4.79 Å². The van der Waals surface area contributed by atoms with E-state index in [1.165, 1.54) is 18.2 Å². The monoisotopic (exact) mass is 285 g/mol. The minimum atomic E-state index is -0.703. The van der Waals surface area contributed by atoms with E-state index in [1.54, 1.807) is 0 Å². The minimum absolute atomic E-state index is 0.0644. The van der Waals surface area contributed by atoms with E-state index >= 15 is 0 Å². The summed E-state index contributed by atoms with van der Waals surface area (Å²) < 4.78 is 5.02. The Labute approximate surface area is 116 Å². The molecule has 0 atom stereocenters. The molecule has 0 N–H and O–H groups in total. The Balaban J connectivity index is 2.67. The van der Waals surface area contributed by atoms with Crippen LogP contribution in [0, 0.1) is 10.1 Å². The number of ether oxygens (including phenoxy) is 1. The van der Waals surface area contributed by atoms with Crippen molar-refractivity contribution in [2.75, 3.05) is 6.61 Å². The number of rotatable bonds is 7. The van der Waals surface area contributed by atoms with Crippen molar-refractivity contribution in [3.63, 3.8) is 0 Å². The Kier molecular flexibility index (Phi) is 6.29. The largest absolute Gasteiger partial charge is 0.462 e. The lowest BCUT2D eigenvalue weighted by Crippen LogP contribution is -2.09. The number of hydrogen-bond donors (Lipinski definition) is 0. The fourth-order valence-electron chi connectivity index (χ4n) is 1.64. The first-order valence-electron chi connectivity index (χ1n) is 6.18. The second-order valence-corrected chi connectivity index (χ2v) is 4.50. The molecule has 104 valence electrons. The van der Waals surface area contributed by atoms with Crippen LogP contribution in [0.4, 0.5) is 5.69 Å². The highest BCUT2D eigenvalue weighted by Gasteiger charge is 2.24. The number of nitro groups is 1. The van der Waals surface area contributed by atoms with Gasteiger partial charge in [0.2, 0.25) is 0 Å². The van der Waals surface area contributed by atoms with Crippen molar-refractivity contribution in [3.05, 3.63) is 38.9 Å². The van der Waals surface area contributed by atoms with Gasteiger partial charge in [0.1, 0.15) is 10.6 Å². The van der Waals surface area contributed by atoms with E-state index in [2.05, 4.69) is 6.92 Å². The highest BCUT2D eigenvalue weighted by molar-refractivity contribution is 6.33. The van der Waals surface area contributed by atoms with Crippen molar-refractivity contribution in [2.45, 2.75) is 32.6 Å². The first kappa shape index (κ1) is 15.4. The molecule has 6 heteroatoms. The summed E-state index contributed by atoms with van der Waals surface area (Å²) in [7, 11) is 0. The number of carbonyl (C=O) groups excluding carboxylic acids is 1. The summed E-state index contributed by atoms with van der Waals surface area (Å²) in [6.45, 7) is 2.35. The molecule has 0 bridgehead atoms. The third-order valence-electron chi connectivity index (χ3n) is 2.62. The molecule has 0 amide bonds. The lowest BCUT2D eigenvalue weighted by molar-refractivity contribution is -0.385. The predicted octanol–water partition coefficient (Wildman–Crippen LogP) is 3.99. The second kappa shape index (κ2) is 7.74. The van der Waals surface area contributed by atoms with Crippen LogP contribution >= 0.6 is 11.6 Å². The molecule has 0 aromatic heterocycles. The van der Waals surface area contributed by atoms with E-state index in [1.807, 2.05) is 0 Å². The summed E-state index contributed by atoms with van der Waals surface area (Å²) in [5.41, 5.74) is -0.504. The van der Waals surface area contributed by atoms with Gasteiger partial charge in [0.05, 0.1) is 11.5 Å². The molecule has 0 fully saturated rings. The first-order chi connectivity index (χ1) is 9.07. The predicted molar refractivity (Wildman–Crippen MR) is 72.5 cm³/mol. The molecule has 5 nitrogen and oxygen atoms in total. The van der Waals surface area contributed by atoms with Gasteiger partial charge in [-0.3, -0.25) is 10.1 Å². The molecule has 0 aliphatic rings. The molecule has 1 aromatic rings. The van der Waals surface area contributed by atoms with Crippen LogP contribution in [0.5, 0.6) is 0 Å². The average Bonchev–Trinajstić information content (AvgIpc) is 2.37. The van der Waals surface area contributed by atoms with Crippen molar-refractivity contribution >= 4 is 23.3 Å². The number of para-hydroxylation sites is 1. The topological polar surface area (TPSA) is 69.4 Å². The fourth-order valence-corrected chi connectivity index (χ4v) is 1.88. The highest BCUT2D eigenvalue weighted by atomic mass is 35.5. The van der Waals surface area contributed by atoms with Crippen molar-refractivity contribution in [2.24, 2.45) is 0 Å². The zero-order valence-electron chi connectivity index (χ0n) is 10.7. The number of esters is 1. The van der Waals surface area contributed by atoms with Crippen LogP contribution in [0.3, 0.4) is 0 Å². The maximum absolute atomic E-state index is 11.8. The molecule has 1 rings (SSSR count). The molecule has 0 aliphatic heterocycles. The Hall–Kier alpha value is -1.62. The summed E-state index contributed by atoms with van der Waals surface area (Å²) in [6.07, 6.45) is 3.90. The van der Waals surface area contributed by atoms with Gasteiger partial charge in [0.15, 0.2) is 0 Å². The summed E-state index contributed by atoms with van der Waals surface area (Å²) in [5, 5.41) is 10.8. The van der Waals surface area contributed by atoms with E-state index in [-0.39, 0.29) is 17.2 Å². The molecule has 0 aliphatic carbocycles. The lowest BCUT2D eigenvalue weighted by Gasteiger charge is -2.05. The molecule has 0 unspecified atom stereocenters. The van der Waals surface area contributed by atoms with Gasteiger partial charge in [-0.2, -0.15) is 0 Å². The number of unbranched alkanes of at least 4 members (excludes halogenated alkanes) is 3. The van der Waals surface area contributed by atoms with Crippen LogP contribution in [0.25, 0.3) is 0 Å². The van der Waals surface area contributed by atoms with Gasteiger partial charge in [-0.15, -0.1) is 0 Å². The molecule has 0 spiro atoms. The quantitative estimate of drug-likeness (QED) is 0.329. The maximum atomic E-state index is 11.8. The first-order valence-corrected chi connectivity index (χ1v) is 6.55. The Morgan fingerprint density at radius 1 is 1.37 bits per heavy atom. The smallest absolute Gasteiger partial charge is 0.345 e. The Morgan fingerprint density at radius 2 is 2.11 bits per heavy atom. The number of carbonyl (C=O) groups is 1. The van der Waals surface area contributed by atoms with E-state index in [0.717, 1.165) is 25.7 Å². The normalized spacial score (nSPS) is 10.2. The lowest BCUT2D eigenvalue weighted by atomic mass is 10.2. The maximum Gasteiger partial charge on any atom is 0.345 e. The molecule has 1 aromatic carbocycles. The number of hydrogen-bond acceptors (Lipinski definition) is 4. The summed E-state index contributed by atoms with van der Waals surface area (Å²) in [6, 6.07) is 4.21. The van der Waals surface area contributed by atoms with Crippen molar-refractivity contribution in [1.29, 1.82) is 0 Å². The van der Waals surface area contributed by atoms with Gasteiger partial charge in [0.25, 0.3) is 0 Å². The van der Waals surface area contributed by atoms with Crippen LogP contribution in [0.2, 0.25) is 5.02 Å². The van der Waals surface area contributed by atoms with Crippen molar-refractivity contribution in [3.8, 4) is 0 Å². The number of halogens is 1. The third kappa shape index (κ3) is 4.52. The molecule has 0 saturated heterocycles. The minimum Gasteiger partial charge on any atom is -0.462 e. The zero-order valence-corrected chi connectivity index (χ0v) is 11.5. The van der Waals surface area contributed by atoms with Gasteiger partial charge in [-0.05, 0) is 18.6 Å². The standard InChI is InChI=1S/C13H16ClNO4/c1-2-3-4-5-9-19-13(16)10-7-6-8-11(14)12(10)15(17)18/h6-8H,2-5,9H2,1H3. The SMILES string of the molecule is CCCCCCOC(=O)c1cccc(Cl)c1[N+](=O)[O-]. The summed E-state index contributed by atoms with van der Waals surface area (Å²) in [4.78, 5) is 22.0. The summed E-state index contributed by atoms with van der Waals surface area (Å²) in [5.74, 6) is -0.703. The third-order valence-corrected chi connectivity index (χ3v) is 2.93. The fraction of sp³-hybridized carbons (Fsp3) is 0.462. The van der Waals surface area contributed by atoms with Gasteiger partial charge < -0.3 is 4.74 Å². The number of nitro benzene ring substituents is 1. The van der Waals surface area contributed by atoms with Gasteiger partial charge >= 0.3 is 11.7 Å². The Morgan fingerprint density at radius 3 is 2.74 bits per heavy atom. The second-order valence-electron chi connectivity index (χ2n) is 4.09. The van der Waals surface area contributed by atoms with E-state index in [0.29, 0.717) is 0 Å². The van der Waals surface area contributed by atoms with Crippen LogP contribution in [-0.2, 0) is 4.74 Å². The average molecular weight is 286 g/mol. The van der Waals surface area contributed by atoms with Gasteiger partial charge in [0, 0.05) is 0 Å². The van der Waals surface area contributed by atoms with E-state index in [9.17, 15) is 14.9 Å². The van der Waals surface area contributed by atoms with Crippen LogP contribution in [-0.4, -0.2) is 17.5 Å². The molecule has 0 saturated carbocycles. The summed E-state index contributed by atoms with van der Waals surface area (Å²) >= 11 is 5.72. The molecular weight excluding hydrogens is 270 g/mol. The van der Waals surface area contributed by atoms with Crippen molar-refractivity contribution < 1.29 is 14.5 Å².